The Morgan fingerprint density at radius 1 is 1.33 bits per heavy atom. The summed E-state index contributed by atoms with van der Waals surface area (Å²) in [6.07, 6.45) is 3.20. The van der Waals surface area contributed by atoms with Gasteiger partial charge in [-0.15, -0.1) is 0 Å². The number of para-hydroxylation sites is 1. The highest BCUT2D eigenvalue weighted by Crippen LogP contribution is 2.21. The molecule has 0 aliphatic rings. The number of pyridine rings is 1. The van der Waals surface area contributed by atoms with E-state index in [0.717, 1.165) is 22.3 Å². The highest BCUT2D eigenvalue weighted by Gasteiger charge is 2.12. The molecule has 1 aromatic carbocycles. The summed E-state index contributed by atoms with van der Waals surface area (Å²) >= 11 is 0. The summed E-state index contributed by atoms with van der Waals surface area (Å²) in [5, 5.41) is 5.26. The lowest BCUT2D eigenvalue weighted by Crippen LogP contribution is -2.03. The molecule has 5 nitrogen and oxygen atoms in total. The third-order valence-electron chi connectivity index (χ3n) is 3.16. The predicted octanol–water partition coefficient (Wildman–Crippen LogP) is 2.91. The second kappa shape index (κ2) is 5.36. The van der Waals surface area contributed by atoms with Gasteiger partial charge in [-0.3, -0.25) is 4.98 Å². The molecule has 0 bridgehead atoms. The molecule has 0 saturated carbocycles. The number of carbonyl (C=O) groups is 1. The van der Waals surface area contributed by atoms with Crippen molar-refractivity contribution in [3.63, 3.8) is 0 Å². The maximum Gasteiger partial charge on any atom is 0.341 e. The second-order valence-corrected chi connectivity index (χ2v) is 4.69. The zero-order chi connectivity index (χ0) is 14.8. The number of nitrogens with zero attached hydrogens (tertiary/aromatic N) is 3. The van der Waals surface area contributed by atoms with Crippen LogP contribution in [-0.4, -0.2) is 27.3 Å². The minimum atomic E-state index is -0.362. The van der Waals surface area contributed by atoms with Crippen molar-refractivity contribution >= 4 is 16.9 Å². The van der Waals surface area contributed by atoms with Gasteiger partial charge in [-0.2, -0.15) is 5.10 Å². The summed E-state index contributed by atoms with van der Waals surface area (Å²) in [4.78, 5) is 16.2. The van der Waals surface area contributed by atoms with Crippen molar-refractivity contribution in [3.05, 3.63) is 54.0 Å². The molecule has 0 unspecified atom stereocenters. The minimum Gasteiger partial charge on any atom is -0.462 e. The molecule has 0 radical (unpaired) electrons. The van der Waals surface area contributed by atoms with Crippen LogP contribution in [0.15, 0.2) is 42.7 Å². The Hall–Kier alpha value is -2.69. The number of aromatic nitrogens is 3. The van der Waals surface area contributed by atoms with E-state index in [1.165, 1.54) is 6.20 Å². The average Bonchev–Trinajstić information content (AvgIpc) is 2.96. The van der Waals surface area contributed by atoms with Crippen LogP contribution in [0.5, 0.6) is 0 Å². The maximum atomic E-state index is 11.7. The van der Waals surface area contributed by atoms with E-state index in [1.54, 1.807) is 17.8 Å². The minimum absolute atomic E-state index is 0.349. The molecule has 21 heavy (non-hydrogen) atoms. The van der Waals surface area contributed by atoms with Gasteiger partial charge in [0.15, 0.2) is 0 Å². The summed E-state index contributed by atoms with van der Waals surface area (Å²) in [6.45, 7) is 4.06. The molecule has 106 valence electrons. The van der Waals surface area contributed by atoms with Crippen molar-refractivity contribution in [2.75, 3.05) is 6.61 Å². The van der Waals surface area contributed by atoms with Gasteiger partial charge in [0.25, 0.3) is 0 Å². The first-order chi connectivity index (χ1) is 10.2. The normalized spacial score (nSPS) is 10.8. The Kier molecular flexibility index (Phi) is 3.39. The van der Waals surface area contributed by atoms with Gasteiger partial charge in [0.05, 0.1) is 29.6 Å². The quantitative estimate of drug-likeness (QED) is 0.693. The Labute approximate surface area is 122 Å². The molecule has 0 spiro atoms. The number of hydrogen-bond acceptors (Lipinski definition) is 4. The van der Waals surface area contributed by atoms with Crippen LogP contribution in [0.2, 0.25) is 0 Å². The zero-order valence-corrected chi connectivity index (χ0v) is 11.9. The monoisotopic (exact) mass is 281 g/mol. The van der Waals surface area contributed by atoms with E-state index in [-0.39, 0.29) is 5.97 Å². The van der Waals surface area contributed by atoms with Crippen molar-refractivity contribution in [3.8, 4) is 5.69 Å². The van der Waals surface area contributed by atoms with E-state index in [2.05, 4.69) is 10.1 Å². The van der Waals surface area contributed by atoms with E-state index >= 15 is 0 Å². The van der Waals surface area contributed by atoms with Crippen LogP contribution in [-0.2, 0) is 4.74 Å². The number of rotatable bonds is 3. The van der Waals surface area contributed by atoms with Crippen LogP contribution < -0.4 is 0 Å². The van der Waals surface area contributed by atoms with Gasteiger partial charge in [0.2, 0.25) is 0 Å². The number of aryl methyl sites for hydroxylation is 1. The molecule has 0 aliphatic heterocycles. The van der Waals surface area contributed by atoms with Crippen molar-refractivity contribution < 1.29 is 9.53 Å². The van der Waals surface area contributed by atoms with E-state index in [1.807, 2.05) is 37.3 Å². The van der Waals surface area contributed by atoms with E-state index in [0.29, 0.717) is 12.2 Å². The molecule has 3 aromatic rings. The number of esters is 1. The van der Waals surface area contributed by atoms with Crippen LogP contribution in [0.3, 0.4) is 0 Å². The third kappa shape index (κ3) is 2.50. The van der Waals surface area contributed by atoms with Gasteiger partial charge in [0.1, 0.15) is 0 Å². The summed E-state index contributed by atoms with van der Waals surface area (Å²) < 4.78 is 6.67. The molecule has 0 aliphatic carbocycles. The van der Waals surface area contributed by atoms with E-state index < -0.39 is 0 Å². The predicted molar refractivity (Wildman–Crippen MR) is 79.6 cm³/mol. The van der Waals surface area contributed by atoms with Gasteiger partial charge >= 0.3 is 5.97 Å². The Balaban J connectivity index is 2.10. The van der Waals surface area contributed by atoms with Crippen LogP contribution in [0.1, 0.15) is 23.0 Å². The van der Waals surface area contributed by atoms with Crippen LogP contribution >= 0.6 is 0 Å². The first-order valence-corrected chi connectivity index (χ1v) is 6.77. The number of carbonyl (C=O) groups excluding carboxylic acids is 1. The second-order valence-electron chi connectivity index (χ2n) is 4.69. The molecule has 0 atom stereocenters. The fourth-order valence-electron chi connectivity index (χ4n) is 2.25. The molecule has 5 heteroatoms. The van der Waals surface area contributed by atoms with Gasteiger partial charge in [-0.05, 0) is 26.0 Å². The lowest BCUT2D eigenvalue weighted by Gasteiger charge is -2.07. The standard InChI is InChI=1S/C16H15N3O2/c1-3-21-16(20)12-9-17-19(10-12)15-8-11(2)18-14-7-5-4-6-13(14)15/h4-10H,3H2,1-2H3. The lowest BCUT2D eigenvalue weighted by atomic mass is 10.1. The van der Waals surface area contributed by atoms with Gasteiger partial charge in [-0.25, -0.2) is 9.48 Å². The molecule has 2 aromatic heterocycles. The molecule has 0 amide bonds. The number of fused-ring (bicyclic) bond motifs is 1. The summed E-state index contributed by atoms with van der Waals surface area (Å²) in [5.74, 6) is -0.362. The molecule has 0 saturated heterocycles. The number of ether oxygens (including phenoxy) is 1. The summed E-state index contributed by atoms with van der Waals surface area (Å²) in [6, 6.07) is 9.80. The highest BCUT2D eigenvalue weighted by molar-refractivity contribution is 5.90. The summed E-state index contributed by atoms with van der Waals surface area (Å²) in [7, 11) is 0. The van der Waals surface area contributed by atoms with Crippen LogP contribution in [0, 0.1) is 6.92 Å². The van der Waals surface area contributed by atoms with Crippen LogP contribution in [0.25, 0.3) is 16.6 Å². The van der Waals surface area contributed by atoms with E-state index in [9.17, 15) is 4.79 Å². The Morgan fingerprint density at radius 2 is 2.14 bits per heavy atom. The largest absolute Gasteiger partial charge is 0.462 e. The first-order valence-electron chi connectivity index (χ1n) is 6.77. The molecule has 3 rings (SSSR count). The SMILES string of the molecule is CCOC(=O)c1cnn(-c2cc(C)nc3ccccc23)c1. The van der Waals surface area contributed by atoms with Crippen molar-refractivity contribution in [1.29, 1.82) is 0 Å². The average molecular weight is 281 g/mol. The molecular weight excluding hydrogens is 266 g/mol. The fourth-order valence-corrected chi connectivity index (χ4v) is 2.25. The maximum absolute atomic E-state index is 11.7. The smallest absolute Gasteiger partial charge is 0.341 e. The lowest BCUT2D eigenvalue weighted by molar-refractivity contribution is 0.0526. The fraction of sp³-hybridized carbons (Fsp3) is 0.188. The zero-order valence-electron chi connectivity index (χ0n) is 11.9. The summed E-state index contributed by atoms with van der Waals surface area (Å²) in [5.41, 5.74) is 3.14. The number of benzene rings is 1. The van der Waals surface area contributed by atoms with E-state index in [4.69, 9.17) is 4.74 Å². The van der Waals surface area contributed by atoms with Crippen molar-refractivity contribution in [2.45, 2.75) is 13.8 Å². The first kappa shape index (κ1) is 13.3. The van der Waals surface area contributed by atoms with Gasteiger partial charge < -0.3 is 4.74 Å². The van der Waals surface area contributed by atoms with Gasteiger partial charge in [-0.1, -0.05) is 18.2 Å². The highest BCUT2D eigenvalue weighted by atomic mass is 16.5. The third-order valence-corrected chi connectivity index (χ3v) is 3.16. The molecule has 2 heterocycles. The topological polar surface area (TPSA) is 57.0 Å². The Bertz CT molecular complexity index is 808. The van der Waals surface area contributed by atoms with Gasteiger partial charge in [0, 0.05) is 17.3 Å². The molecule has 0 fully saturated rings. The number of hydrogen-bond donors (Lipinski definition) is 0. The van der Waals surface area contributed by atoms with Crippen molar-refractivity contribution in [2.24, 2.45) is 0 Å². The van der Waals surface area contributed by atoms with Crippen LogP contribution in [0.4, 0.5) is 0 Å². The molecular formula is C16H15N3O2. The Morgan fingerprint density at radius 3 is 2.95 bits per heavy atom. The molecule has 0 N–H and O–H groups in total. The van der Waals surface area contributed by atoms with Crippen molar-refractivity contribution in [1.82, 2.24) is 14.8 Å².